The Morgan fingerprint density at radius 1 is 1.29 bits per heavy atom. The summed E-state index contributed by atoms with van der Waals surface area (Å²) in [6, 6.07) is 9.19. The van der Waals surface area contributed by atoms with Crippen molar-refractivity contribution in [3.8, 4) is 11.5 Å². The van der Waals surface area contributed by atoms with Gasteiger partial charge in [0.2, 0.25) is 6.79 Å². The van der Waals surface area contributed by atoms with Crippen molar-refractivity contribution < 1.29 is 23.8 Å². The quantitative estimate of drug-likeness (QED) is 0.812. The second-order valence-corrected chi connectivity index (χ2v) is 6.33. The van der Waals surface area contributed by atoms with E-state index in [9.17, 15) is 9.59 Å². The smallest absolute Gasteiger partial charge is 0.311 e. The van der Waals surface area contributed by atoms with Crippen molar-refractivity contribution in [2.45, 2.75) is 26.0 Å². The molecule has 0 spiro atoms. The van der Waals surface area contributed by atoms with Crippen molar-refractivity contribution in [1.82, 2.24) is 5.32 Å². The Hall–Kier alpha value is -2.54. The molecule has 0 saturated heterocycles. The monoisotopic (exact) mass is 347 g/mol. The number of hydrogen-bond acceptors (Lipinski definition) is 6. The van der Waals surface area contributed by atoms with Gasteiger partial charge in [0.1, 0.15) is 0 Å². The summed E-state index contributed by atoms with van der Waals surface area (Å²) in [7, 11) is 0. The van der Waals surface area contributed by atoms with E-state index in [4.69, 9.17) is 14.2 Å². The maximum Gasteiger partial charge on any atom is 0.311 e. The fourth-order valence-electron chi connectivity index (χ4n) is 2.23. The van der Waals surface area contributed by atoms with Gasteiger partial charge in [0, 0.05) is 11.4 Å². The van der Waals surface area contributed by atoms with E-state index >= 15 is 0 Å². The van der Waals surface area contributed by atoms with Crippen LogP contribution in [0.1, 0.15) is 17.4 Å². The zero-order valence-corrected chi connectivity index (χ0v) is 13.9. The number of carbonyl (C=O) groups excluding carboxylic acids is 2. The van der Waals surface area contributed by atoms with Crippen molar-refractivity contribution in [3.05, 3.63) is 46.2 Å². The summed E-state index contributed by atoms with van der Waals surface area (Å²) in [5, 5.41) is 4.64. The third-order valence-electron chi connectivity index (χ3n) is 3.48. The molecule has 126 valence electrons. The molecule has 1 amide bonds. The highest BCUT2D eigenvalue weighted by Crippen LogP contribution is 2.32. The molecule has 2 aromatic rings. The third-order valence-corrected chi connectivity index (χ3v) is 4.36. The van der Waals surface area contributed by atoms with Crippen LogP contribution in [0.15, 0.2) is 35.7 Å². The molecule has 1 N–H and O–H groups in total. The first-order valence-electron chi connectivity index (χ1n) is 7.50. The Morgan fingerprint density at radius 2 is 2.12 bits per heavy atom. The van der Waals surface area contributed by atoms with Crippen LogP contribution < -0.4 is 14.8 Å². The van der Waals surface area contributed by atoms with Gasteiger partial charge in [0.15, 0.2) is 17.6 Å². The highest BCUT2D eigenvalue weighted by atomic mass is 32.1. The van der Waals surface area contributed by atoms with Crippen LogP contribution >= 0.6 is 11.3 Å². The Balaban J connectivity index is 1.46. The molecule has 1 aromatic heterocycles. The SMILES string of the molecule is CC(OC(=O)Cc1cccs1)C(=O)NCc1ccc2c(c1)OCO2. The Morgan fingerprint density at radius 3 is 2.92 bits per heavy atom. The minimum Gasteiger partial charge on any atom is -0.454 e. The highest BCUT2D eigenvalue weighted by Gasteiger charge is 2.19. The summed E-state index contributed by atoms with van der Waals surface area (Å²) in [6.07, 6.45) is -0.663. The molecular formula is C17H17NO5S. The standard InChI is InChI=1S/C17H17NO5S/c1-11(23-16(19)8-13-3-2-6-24-13)17(20)18-9-12-4-5-14-15(7-12)22-10-21-14/h2-7,11H,8-10H2,1H3,(H,18,20). The van der Waals surface area contributed by atoms with E-state index in [1.165, 1.54) is 11.3 Å². The Labute approximate surface area is 143 Å². The van der Waals surface area contributed by atoms with Crippen molar-refractivity contribution in [3.63, 3.8) is 0 Å². The van der Waals surface area contributed by atoms with Crippen molar-refractivity contribution in [2.75, 3.05) is 6.79 Å². The molecule has 0 bridgehead atoms. The largest absolute Gasteiger partial charge is 0.454 e. The van der Waals surface area contributed by atoms with E-state index in [1.54, 1.807) is 13.0 Å². The molecule has 6 nitrogen and oxygen atoms in total. The maximum absolute atomic E-state index is 12.0. The van der Waals surface area contributed by atoms with E-state index in [0.29, 0.717) is 18.0 Å². The van der Waals surface area contributed by atoms with Crippen molar-refractivity contribution in [1.29, 1.82) is 0 Å². The molecule has 1 unspecified atom stereocenters. The van der Waals surface area contributed by atoms with E-state index in [-0.39, 0.29) is 19.1 Å². The van der Waals surface area contributed by atoms with Gasteiger partial charge in [-0.1, -0.05) is 12.1 Å². The van der Waals surface area contributed by atoms with Gasteiger partial charge >= 0.3 is 5.97 Å². The second-order valence-electron chi connectivity index (χ2n) is 5.29. The van der Waals surface area contributed by atoms with E-state index in [2.05, 4.69) is 5.32 Å². The van der Waals surface area contributed by atoms with Crippen LogP contribution in [0.25, 0.3) is 0 Å². The lowest BCUT2D eigenvalue weighted by molar-refractivity contribution is -0.154. The number of benzene rings is 1. The molecule has 1 aromatic carbocycles. The number of fused-ring (bicyclic) bond motifs is 1. The van der Waals surface area contributed by atoms with Gasteiger partial charge in [-0.2, -0.15) is 0 Å². The van der Waals surface area contributed by atoms with Crippen LogP contribution in [0.3, 0.4) is 0 Å². The van der Waals surface area contributed by atoms with Crippen LogP contribution in [-0.2, 0) is 27.3 Å². The topological polar surface area (TPSA) is 73.9 Å². The average molecular weight is 347 g/mol. The van der Waals surface area contributed by atoms with Crippen LogP contribution in [0.5, 0.6) is 11.5 Å². The minimum absolute atomic E-state index is 0.178. The first-order chi connectivity index (χ1) is 11.6. The zero-order chi connectivity index (χ0) is 16.9. The second kappa shape index (κ2) is 7.35. The molecule has 3 rings (SSSR count). The summed E-state index contributed by atoms with van der Waals surface area (Å²) >= 11 is 1.48. The number of hydrogen-bond donors (Lipinski definition) is 1. The first-order valence-corrected chi connectivity index (χ1v) is 8.38. The molecule has 0 fully saturated rings. The summed E-state index contributed by atoms with van der Waals surface area (Å²) in [5.74, 6) is 0.605. The number of ether oxygens (including phenoxy) is 3. The molecular weight excluding hydrogens is 330 g/mol. The number of nitrogens with one attached hydrogen (secondary N) is 1. The van der Waals surface area contributed by atoms with Crippen LogP contribution in [-0.4, -0.2) is 24.8 Å². The number of thiophene rings is 1. The Bertz CT molecular complexity index is 729. The van der Waals surface area contributed by atoms with Crippen molar-refractivity contribution in [2.24, 2.45) is 0 Å². The summed E-state index contributed by atoms with van der Waals surface area (Å²) in [5.41, 5.74) is 0.879. The van der Waals surface area contributed by atoms with Crippen molar-refractivity contribution >= 4 is 23.2 Å². The van der Waals surface area contributed by atoms with E-state index in [0.717, 1.165) is 10.4 Å². The molecule has 1 aliphatic heterocycles. The molecule has 0 aliphatic carbocycles. The summed E-state index contributed by atoms with van der Waals surface area (Å²) in [4.78, 5) is 24.8. The molecule has 0 radical (unpaired) electrons. The van der Waals surface area contributed by atoms with Crippen LogP contribution in [0, 0.1) is 0 Å². The maximum atomic E-state index is 12.0. The van der Waals surface area contributed by atoms with Crippen LogP contribution in [0.4, 0.5) is 0 Å². The lowest BCUT2D eigenvalue weighted by Gasteiger charge is -2.13. The first kappa shape index (κ1) is 16.3. The minimum atomic E-state index is -0.841. The van der Waals surface area contributed by atoms with Gasteiger partial charge in [-0.05, 0) is 36.1 Å². The lowest BCUT2D eigenvalue weighted by Crippen LogP contribution is -2.35. The summed E-state index contributed by atoms with van der Waals surface area (Å²) < 4.78 is 15.7. The van der Waals surface area contributed by atoms with Gasteiger partial charge in [0.05, 0.1) is 6.42 Å². The molecule has 1 aliphatic rings. The fraction of sp³-hybridized carbons (Fsp3) is 0.294. The number of carbonyl (C=O) groups is 2. The normalized spacial score (nSPS) is 13.4. The van der Waals surface area contributed by atoms with Crippen LogP contribution in [0.2, 0.25) is 0 Å². The van der Waals surface area contributed by atoms with Gasteiger partial charge in [0.25, 0.3) is 5.91 Å². The van der Waals surface area contributed by atoms with Gasteiger partial charge < -0.3 is 19.5 Å². The highest BCUT2D eigenvalue weighted by molar-refractivity contribution is 7.10. The van der Waals surface area contributed by atoms with E-state index in [1.807, 2.05) is 29.6 Å². The predicted molar refractivity (Wildman–Crippen MR) is 88.0 cm³/mol. The van der Waals surface area contributed by atoms with Gasteiger partial charge in [-0.15, -0.1) is 11.3 Å². The summed E-state index contributed by atoms with van der Waals surface area (Å²) in [6.45, 7) is 2.09. The number of amides is 1. The third kappa shape index (κ3) is 4.05. The molecule has 1 atom stereocenters. The van der Waals surface area contributed by atoms with Gasteiger partial charge in [-0.25, -0.2) is 0 Å². The molecule has 2 heterocycles. The number of rotatable bonds is 6. The van der Waals surface area contributed by atoms with E-state index < -0.39 is 12.1 Å². The number of esters is 1. The fourth-order valence-corrected chi connectivity index (χ4v) is 2.92. The zero-order valence-electron chi connectivity index (χ0n) is 13.1. The van der Waals surface area contributed by atoms with Gasteiger partial charge in [-0.3, -0.25) is 9.59 Å². The average Bonchev–Trinajstić information content (AvgIpc) is 3.23. The molecule has 24 heavy (non-hydrogen) atoms. The molecule has 7 heteroatoms. The predicted octanol–water partition coefficient (Wildman–Crippen LogP) is 2.27. The molecule has 0 saturated carbocycles. The lowest BCUT2D eigenvalue weighted by atomic mass is 10.2. The Kier molecular flexibility index (Phi) is 5.00.